The fourth-order valence-corrected chi connectivity index (χ4v) is 13.5. The first-order valence-corrected chi connectivity index (χ1v) is 43.2. The fourth-order valence-electron chi connectivity index (χ4n) is 11.9. The van der Waals surface area contributed by atoms with E-state index >= 15 is 0 Å². The minimum absolute atomic E-state index is 0.103. The van der Waals surface area contributed by atoms with Crippen LogP contribution in [0.5, 0.6) is 0 Å². The number of aliphatic hydroxyl groups excluding tert-OH is 1. The van der Waals surface area contributed by atoms with E-state index in [4.69, 9.17) is 37.0 Å². The van der Waals surface area contributed by atoms with Crippen molar-refractivity contribution in [2.45, 2.75) is 414 Å². The van der Waals surface area contributed by atoms with Crippen molar-refractivity contribution < 1.29 is 80.2 Å². The van der Waals surface area contributed by atoms with Crippen molar-refractivity contribution >= 4 is 39.5 Å². The minimum atomic E-state index is -4.96. The summed E-state index contributed by atoms with van der Waals surface area (Å²) in [6.07, 6.45) is 53.1. The number of hydrogen-bond donors (Lipinski definition) is 3. The number of unbranched alkanes of at least 4 members (excludes halogenated alkanes) is 41. The molecule has 19 heteroatoms. The second-order valence-electron chi connectivity index (χ2n) is 30.0. The monoisotopic (exact) mass is 1420 g/mol. The maximum absolute atomic E-state index is 13.1. The summed E-state index contributed by atoms with van der Waals surface area (Å²) in [6, 6.07) is 0. The van der Waals surface area contributed by atoms with Crippen LogP contribution in [-0.2, 0) is 65.4 Å². The molecule has 3 N–H and O–H groups in total. The zero-order valence-electron chi connectivity index (χ0n) is 63.7. The van der Waals surface area contributed by atoms with Crippen molar-refractivity contribution in [1.82, 2.24) is 0 Å². The quantitative estimate of drug-likeness (QED) is 0.0222. The summed E-state index contributed by atoms with van der Waals surface area (Å²) in [5.41, 5.74) is 0. The van der Waals surface area contributed by atoms with E-state index in [9.17, 15) is 43.2 Å². The molecule has 17 nitrogen and oxygen atoms in total. The topological polar surface area (TPSA) is 237 Å². The molecule has 576 valence electrons. The zero-order valence-corrected chi connectivity index (χ0v) is 65.5. The van der Waals surface area contributed by atoms with Crippen LogP contribution >= 0.6 is 15.6 Å². The third-order valence-corrected chi connectivity index (χ3v) is 20.0. The van der Waals surface area contributed by atoms with Gasteiger partial charge < -0.3 is 33.8 Å². The molecule has 97 heavy (non-hydrogen) atoms. The molecule has 0 spiro atoms. The van der Waals surface area contributed by atoms with Crippen molar-refractivity contribution in [3.63, 3.8) is 0 Å². The number of phosphoric acid groups is 2. The Morgan fingerprint density at radius 2 is 0.433 bits per heavy atom. The molecule has 0 aliphatic rings. The van der Waals surface area contributed by atoms with Crippen LogP contribution in [-0.4, -0.2) is 96.7 Å². The molecule has 0 aliphatic carbocycles. The second-order valence-corrected chi connectivity index (χ2v) is 32.9. The molecule has 0 aromatic carbocycles. The molecule has 0 fully saturated rings. The third-order valence-electron chi connectivity index (χ3n) is 18.1. The smallest absolute Gasteiger partial charge is 0.462 e. The molecular weight excluding hydrogens is 1270 g/mol. The molecule has 0 bridgehead atoms. The largest absolute Gasteiger partial charge is 0.472 e. The van der Waals surface area contributed by atoms with Gasteiger partial charge in [0, 0.05) is 25.7 Å². The molecular formula is C78H152O17P2. The van der Waals surface area contributed by atoms with Gasteiger partial charge in [-0.3, -0.25) is 37.3 Å². The highest BCUT2D eigenvalue weighted by Gasteiger charge is 2.30. The Balaban J connectivity index is 5.20. The van der Waals surface area contributed by atoms with Crippen molar-refractivity contribution in [3.8, 4) is 0 Å². The first-order chi connectivity index (χ1) is 46.6. The Hall–Kier alpha value is -1.94. The molecule has 0 rings (SSSR count). The summed E-state index contributed by atoms with van der Waals surface area (Å²) in [7, 11) is -9.91. The summed E-state index contributed by atoms with van der Waals surface area (Å²) in [5.74, 6) is 0.887. The van der Waals surface area contributed by atoms with Crippen LogP contribution in [0.4, 0.5) is 0 Å². The van der Waals surface area contributed by atoms with Gasteiger partial charge in [0.1, 0.15) is 19.3 Å². The maximum atomic E-state index is 13.1. The Morgan fingerprint density at radius 3 is 0.639 bits per heavy atom. The summed E-state index contributed by atoms with van der Waals surface area (Å²) in [5, 5.41) is 10.6. The molecule has 0 aliphatic heterocycles. The van der Waals surface area contributed by atoms with Gasteiger partial charge in [-0.2, -0.15) is 0 Å². The molecule has 0 aromatic heterocycles. The zero-order chi connectivity index (χ0) is 71.7. The first-order valence-electron chi connectivity index (χ1n) is 40.2. The van der Waals surface area contributed by atoms with E-state index < -0.39 is 97.5 Å². The average molecular weight is 1420 g/mol. The van der Waals surface area contributed by atoms with E-state index in [2.05, 4.69) is 55.4 Å². The average Bonchev–Trinajstić information content (AvgIpc) is 1.29. The van der Waals surface area contributed by atoms with Crippen LogP contribution in [0.15, 0.2) is 0 Å². The summed E-state index contributed by atoms with van der Waals surface area (Å²) in [4.78, 5) is 72.8. The van der Waals surface area contributed by atoms with Gasteiger partial charge in [0.05, 0.1) is 26.4 Å². The highest BCUT2D eigenvalue weighted by atomic mass is 31.2. The normalized spacial score (nSPS) is 14.1. The predicted molar refractivity (Wildman–Crippen MR) is 395 cm³/mol. The molecule has 0 heterocycles. The molecule has 0 saturated carbocycles. The van der Waals surface area contributed by atoms with Gasteiger partial charge in [-0.15, -0.1) is 0 Å². The van der Waals surface area contributed by atoms with Gasteiger partial charge >= 0.3 is 39.5 Å². The van der Waals surface area contributed by atoms with Crippen molar-refractivity contribution in [2.75, 3.05) is 39.6 Å². The number of aliphatic hydroxyl groups is 1. The standard InChI is InChI=1S/C78H152O17P2/c1-68(2)54-46-38-30-24-20-16-13-11-9-10-12-14-18-23-27-34-44-52-60-77(82)94-73(64-88-75(80)58-50-42-33-26-22-19-15-17-21-25-31-39-47-55-69(3)4)66-92-96(84,85)90-62-72(79)63-91-97(86,87)93-67-74(65-89-76(81)59-51-43-37-36-41-49-57-71(7)8)95-78(83)61-53-45-35-29-28-32-40-48-56-70(5)6/h68-74,79H,9-67H2,1-8H3,(H,84,85)(H,86,87)/t72-,73-,74-/m1/s1. The lowest BCUT2D eigenvalue weighted by atomic mass is 10.0. The lowest BCUT2D eigenvalue weighted by Gasteiger charge is -2.21. The Bertz CT molecular complexity index is 1900. The number of hydrogen-bond acceptors (Lipinski definition) is 15. The van der Waals surface area contributed by atoms with E-state index in [0.29, 0.717) is 31.6 Å². The number of rotatable bonds is 75. The van der Waals surface area contributed by atoms with Gasteiger partial charge in [0.2, 0.25) is 0 Å². The summed E-state index contributed by atoms with van der Waals surface area (Å²) < 4.78 is 68.5. The van der Waals surface area contributed by atoms with Gasteiger partial charge in [-0.1, -0.05) is 344 Å². The molecule has 0 aromatic rings. The number of phosphoric ester groups is 2. The van der Waals surface area contributed by atoms with E-state index in [0.717, 1.165) is 114 Å². The lowest BCUT2D eigenvalue weighted by Crippen LogP contribution is -2.30. The highest BCUT2D eigenvalue weighted by Crippen LogP contribution is 2.45. The third kappa shape index (κ3) is 72.2. The number of ether oxygens (including phenoxy) is 4. The lowest BCUT2D eigenvalue weighted by molar-refractivity contribution is -0.161. The fraction of sp³-hybridized carbons (Fsp3) is 0.949. The van der Waals surface area contributed by atoms with Crippen molar-refractivity contribution in [1.29, 1.82) is 0 Å². The molecule has 0 saturated heterocycles. The van der Waals surface area contributed by atoms with Crippen LogP contribution in [0.1, 0.15) is 396 Å². The summed E-state index contributed by atoms with van der Waals surface area (Å²) >= 11 is 0. The number of carbonyl (C=O) groups excluding carboxylic acids is 4. The SMILES string of the molecule is CC(C)CCCCCCCCCCCCCCCCCCCCC(=O)O[C@H](COC(=O)CCCCCCCCCCCCCCCC(C)C)COP(=O)(O)OC[C@@H](O)COP(=O)(O)OC[C@@H](COC(=O)CCCCCCCCC(C)C)OC(=O)CCCCCCCCCCC(C)C. The Kier molecular flexibility index (Phi) is 65.9. The van der Waals surface area contributed by atoms with Gasteiger partial charge in [0.15, 0.2) is 12.2 Å². The van der Waals surface area contributed by atoms with E-state index in [1.165, 1.54) is 193 Å². The van der Waals surface area contributed by atoms with Gasteiger partial charge in [-0.05, 0) is 49.4 Å². The second kappa shape index (κ2) is 67.2. The van der Waals surface area contributed by atoms with Gasteiger partial charge in [-0.25, -0.2) is 9.13 Å². The highest BCUT2D eigenvalue weighted by molar-refractivity contribution is 7.47. The molecule has 0 amide bonds. The maximum Gasteiger partial charge on any atom is 0.472 e. The minimum Gasteiger partial charge on any atom is -0.462 e. The Morgan fingerprint density at radius 1 is 0.258 bits per heavy atom. The molecule has 2 unspecified atom stereocenters. The Labute approximate surface area is 594 Å². The van der Waals surface area contributed by atoms with E-state index in [-0.39, 0.29) is 25.7 Å². The van der Waals surface area contributed by atoms with Crippen LogP contribution < -0.4 is 0 Å². The van der Waals surface area contributed by atoms with E-state index in [1.54, 1.807) is 0 Å². The number of esters is 4. The van der Waals surface area contributed by atoms with Crippen LogP contribution in [0, 0.1) is 23.7 Å². The van der Waals surface area contributed by atoms with Gasteiger partial charge in [0.25, 0.3) is 0 Å². The number of carbonyl (C=O) groups is 4. The first kappa shape index (κ1) is 95.1. The van der Waals surface area contributed by atoms with Crippen LogP contribution in [0.2, 0.25) is 0 Å². The predicted octanol–water partition coefficient (Wildman–Crippen LogP) is 22.8. The van der Waals surface area contributed by atoms with Crippen LogP contribution in [0.3, 0.4) is 0 Å². The van der Waals surface area contributed by atoms with Crippen LogP contribution in [0.25, 0.3) is 0 Å². The summed E-state index contributed by atoms with van der Waals surface area (Å²) in [6.45, 7) is 14.1. The van der Waals surface area contributed by atoms with Crippen molar-refractivity contribution in [3.05, 3.63) is 0 Å². The van der Waals surface area contributed by atoms with Crippen molar-refractivity contribution in [2.24, 2.45) is 23.7 Å². The molecule has 0 radical (unpaired) electrons. The van der Waals surface area contributed by atoms with E-state index in [1.807, 2.05) is 0 Å². The molecule has 5 atom stereocenters.